The van der Waals surface area contributed by atoms with Crippen LogP contribution in [0.15, 0.2) is 18.2 Å². The number of aryl methyl sites for hydroxylation is 1. The van der Waals surface area contributed by atoms with E-state index in [1.54, 1.807) is 19.1 Å². The highest BCUT2D eigenvalue weighted by molar-refractivity contribution is 7.89. The van der Waals surface area contributed by atoms with Gasteiger partial charge in [-0.15, -0.1) is 0 Å². The Morgan fingerprint density at radius 1 is 1.35 bits per heavy atom. The fraction of sp³-hybridized carbons (Fsp3) is 0.571. The van der Waals surface area contributed by atoms with Gasteiger partial charge < -0.3 is 4.74 Å². The number of ether oxygens (including phenoxy) is 1. The Morgan fingerprint density at radius 2 is 1.95 bits per heavy atom. The molecule has 0 aromatic heterocycles. The van der Waals surface area contributed by atoms with Gasteiger partial charge >= 0.3 is 0 Å². The molecule has 0 amide bonds. The summed E-state index contributed by atoms with van der Waals surface area (Å²) >= 11 is 0. The van der Waals surface area contributed by atoms with Crippen LogP contribution in [0.3, 0.4) is 0 Å². The van der Waals surface area contributed by atoms with Crippen LogP contribution in [-0.4, -0.2) is 20.8 Å². The minimum absolute atomic E-state index is 0.162. The van der Waals surface area contributed by atoms with Crippen LogP contribution in [0.1, 0.15) is 26.3 Å². The highest BCUT2D eigenvalue weighted by atomic mass is 32.2. The summed E-state index contributed by atoms with van der Waals surface area (Å²) in [6.07, 6.45) is 0. The molecule has 20 heavy (non-hydrogen) atoms. The number of benzene rings is 1. The van der Waals surface area contributed by atoms with E-state index in [1.807, 2.05) is 20.8 Å². The number of primary sulfonamides is 1. The van der Waals surface area contributed by atoms with Crippen LogP contribution in [0.5, 0.6) is 5.75 Å². The number of nitrogens with two attached hydrogens (primary N) is 1. The molecular weight excluding hydrogens is 281 g/mol. The zero-order valence-corrected chi connectivity index (χ0v) is 13.1. The van der Waals surface area contributed by atoms with Crippen molar-refractivity contribution < 1.29 is 17.5 Å². The lowest BCUT2D eigenvalue weighted by Gasteiger charge is -2.29. The van der Waals surface area contributed by atoms with Gasteiger partial charge in [-0.1, -0.05) is 26.8 Å². The molecule has 6 heteroatoms. The molecule has 1 aromatic rings. The molecule has 0 aliphatic carbocycles. The van der Waals surface area contributed by atoms with Gasteiger partial charge in [0.1, 0.15) is 11.6 Å². The molecule has 114 valence electrons. The molecule has 0 saturated heterocycles. The van der Waals surface area contributed by atoms with Crippen molar-refractivity contribution in [2.75, 3.05) is 12.4 Å². The molecular formula is C14H22FNO3S. The van der Waals surface area contributed by atoms with E-state index in [0.717, 1.165) is 0 Å². The SMILES string of the molecule is Cc1ccc(OCC(CS(N)(=O)=O)C(C)(C)C)cc1F. The van der Waals surface area contributed by atoms with Crippen LogP contribution >= 0.6 is 0 Å². The summed E-state index contributed by atoms with van der Waals surface area (Å²) in [5.74, 6) is -0.398. The van der Waals surface area contributed by atoms with Gasteiger partial charge in [0.25, 0.3) is 0 Å². The lowest BCUT2D eigenvalue weighted by molar-refractivity contribution is 0.163. The minimum Gasteiger partial charge on any atom is -0.493 e. The monoisotopic (exact) mass is 303 g/mol. The molecule has 0 radical (unpaired) electrons. The molecule has 4 nitrogen and oxygen atoms in total. The molecule has 0 heterocycles. The Kier molecular flexibility index (Phi) is 5.15. The summed E-state index contributed by atoms with van der Waals surface area (Å²) in [6.45, 7) is 7.59. The molecule has 1 aromatic carbocycles. The van der Waals surface area contributed by atoms with E-state index in [9.17, 15) is 12.8 Å². The summed E-state index contributed by atoms with van der Waals surface area (Å²) in [4.78, 5) is 0. The van der Waals surface area contributed by atoms with E-state index < -0.39 is 10.0 Å². The van der Waals surface area contributed by atoms with E-state index in [0.29, 0.717) is 11.3 Å². The first-order valence-corrected chi connectivity index (χ1v) is 8.10. The normalized spacial score (nSPS) is 14.1. The number of hydrogen-bond donors (Lipinski definition) is 1. The van der Waals surface area contributed by atoms with E-state index in [4.69, 9.17) is 9.88 Å². The number of halogens is 1. The predicted octanol–water partition coefficient (Wildman–Crippen LogP) is 2.46. The minimum atomic E-state index is -3.58. The van der Waals surface area contributed by atoms with Gasteiger partial charge in [0.15, 0.2) is 0 Å². The second-order valence-corrected chi connectivity index (χ2v) is 7.77. The van der Waals surface area contributed by atoms with Crippen LogP contribution in [-0.2, 0) is 10.0 Å². The van der Waals surface area contributed by atoms with E-state index in [-0.39, 0.29) is 29.5 Å². The van der Waals surface area contributed by atoms with Crippen molar-refractivity contribution in [3.05, 3.63) is 29.6 Å². The first kappa shape index (κ1) is 16.9. The summed E-state index contributed by atoms with van der Waals surface area (Å²) < 4.78 is 41.5. The van der Waals surface area contributed by atoms with Gasteiger partial charge in [0.2, 0.25) is 10.0 Å². The molecule has 2 N–H and O–H groups in total. The molecule has 0 fully saturated rings. The average Bonchev–Trinajstić information content (AvgIpc) is 2.26. The largest absolute Gasteiger partial charge is 0.493 e. The molecule has 0 spiro atoms. The lowest BCUT2D eigenvalue weighted by Crippen LogP contribution is -2.35. The molecule has 0 saturated carbocycles. The second kappa shape index (κ2) is 6.10. The smallest absolute Gasteiger partial charge is 0.209 e. The molecule has 0 aliphatic heterocycles. The Morgan fingerprint density at radius 3 is 2.40 bits per heavy atom. The quantitative estimate of drug-likeness (QED) is 0.908. The van der Waals surface area contributed by atoms with Crippen LogP contribution < -0.4 is 9.88 Å². The molecule has 1 atom stereocenters. The third-order valence-corrected chi connectivity index (χ3v) is 4.12. The number of rotatable bonds is 5. The van der Waals surface area contributed by atoms with Crippen LogP contribution in [0.4, 0.5) is 4.39 Å². The zero-order valence-electron chi connectivity index (χ0n) is 12.3. The number of sulfonamides is 1. The third kappa shape index (κ3) is 5.46. The third-order valence-electron chi connectivity index (χ3n) is 3.25. The molecule has 0 bridgehead atoms. The van der Waals surface area contributed by atoms with Crippen molar-refractivity contribution >= 4 is 10.0 Å². The second-order valence-electron chi connectivity index (χ2n) is 6.11. The van der Waals surface area contributed by atoms with Crippen molar-refractivity contribution in [2.24, 2.45) is 16.5 Å². The van der Waals surface area contributed by atoms with Gasteiger partial charge in [-0.2, -0.15) is 0 Å². The van der Waals surface area contributed by atoms with E-state index >= 15 is 0 Å². The fourth-order valence-electron chi connectivity index (χ4n) is 1.69. The van der Waals surface area contributed by atoms with Crippen molar-refractivity contribution in [1.29, 1.82) is 0 Å². The molecule has 1 rings (SSSR count). The average molecular weight is 303 g/mol. The Hall–Kier alpha value is -1.14. The maximum atomic E-state index is 13.4. The van der Waals surface area contributed by atoms with Gasteiger partial charge in [0.05, 0.1) is 12.4 Å². The Balaban J connectivity index is 2.78. The Labute approximate surface area is 120 Å². The molecule has 0 aliphatic rings. The topological polar surface area (TPSA) is 69.4 Å². The highest BCUT2D eigenvalue weighted by Crippen LogP contribution is 2.28. The zero-order chi connectivity index (χ0) is 15.6. The summed E-state index contributed by atoms with van der Waals surface area (Å²) in [5, 5.41) is 5.10. The van der Waals surface area contributed by atoms with Crippen molar-refractivity contribution in [3.8, 4) is 5.75 Å². The van der Waals surface area contributed by atoms with Crippen molar-refractivity contribution in [1.82, 2.24) is 0 Å². The highest BCUT2D eigenvalue weighted by Gasteiger charge is 2.29. The lowest BCUT2D eigenvalue weighted by atomic mass is 9.82. The summed E-state index contributed by atoms with van der Waals surface area (Å²) in [5.41, 5.74) is 0.254. The van der Waals surface area contributed by atoms with Crippen LogP contribution in [0.2, 0.25) is 0 Å². The van der Waals surface area contributed by atoms with Crippen molar-refractivity contribution in [3.63, 3.8) is 0 Å². The molecule has 1 unspecified atom stereocenters. The number of hydrogen-bond acceptors (Lipinski definition) is 3. The van der Waals surface area contributed by atoms with E-state index in [1.165, 1.54) is 6.07 Å². The van der Waals surface area contributed by atoms with Gasteiger partial charge in [-0.25, -0.2) is 17.9 Å². The Bertz CT molecular complexity index is 564. The van der Waals surface area contributed by atoms with Gasteiger partial charge in [0, 0.05) is 12.0 Å². The van der Waals surface area contributed by atoms with Crippen LogP contribution in [0.25, 0.3) is 0 Å². The summed E-state index contributed by atoms with van der Waals surface area (Å²) in [6, 6.07) is 4.58. The van der Waals surface area contributed by atoms with Gasteiger partial charge in [-0.3, -0.25) is 0 Å². The maximum absolute atomic E-state index is 13.4. The van der Waals surface area contributed by atoms with Crippen LogP contribution in [0, 0.1) is 24.1 Å². The first-order valence-electron chi connectivity index (χ1n) is 6.38. The fourth-order valence-corrected chi connectivity index (χ4v) is 2.85. The van der Waals surface area contributed by atoms with E-state index in [2.05, 4.69) is 0 Å². The maximum Gasteiger partial charge on any atom is 0.209 e. The predicted molar refractivity (Wildman–Crippen MR) is 77.6 cm³/mol. The summed E-state index contributed by atoms with van der Waals surface area (Å²) in [7, 11) is -3.58. The van der Waals surface area contributed by atoms with Crippen molar-refractivity contribution in [2.45, 2.75) is 27.7 Å². The first-order chi connectivity index (χ1) is 8.99. The standard InChI is InChI=1S/C14H22FNO3S/c1-10-5-6-12(7-13(10)15)19-8-11(14(2,3)4)9-20(16,17)18/h5-7,11H,8-9H2,1-4H3,(H2,16,17,18). The van der Waals surface area contributed by atoms with Gasteiger partial charge in [-0.05, 0) is 24.0 Å².